The zero-order valence-corrected chi connectivity index (χ0v) is 12.1. The minimum absolute atomic E-state index is 0.126. The third kappa shape index (κ3) is 4.42. The molecule has 0 spiro atoms. The van der Waals surface area contributed by atoms with Gasteiger partial charge in [0.2, 0.25) is 10.0 Å². The smallest absolute Gasteiger partial charge is 0.242 e. The van der Waals surface area contributed by atoms with E-state index in [1.807, 2.05) is 0 Å². The van der Waals surface area contributed by atoms with Gasteiger partial charge in [0.25, 0.3) is 0 Å². The van der Waals surface area contributed by atoms with E-state index >= 15 is 0 Å². The molecule has 2 rings (SSSR count). The summed E-state index contributed by atoms with van der Waals surface area (Å²) in [4.78, 5) is 3.89. The third-order valence-electron chi connectivity index (χ3n) is 3.04. The van der Waals surface area contributed by atoms with Crippen LogP contribution in [-0.4, -0.2) is 32.7 Å². The highest BCUT2D eigenvalue weighted by molar-refractivity contribution is 7.89. The number of aromatic nitrogens is 1. The molecular formula is C12H17ClN2O3S. The number of nitrogens with zero attached hydrogens (tertiary/aromatic N) is 1. The lowest BCUT2D eigenvalue weighted by Crippen LogP contribution is -2.29. The first-order valence-electron chi connectivity index (χ1n) is 6.31. The number of halogens is 1. The van der Waals surface area contributed by atoms with Crippen molar-refractivity contribution in [3.63, 3.8) is 0 Å². The van der Waals surface area contributed by atoms with Crippen molar-refractivity contribution in [2.75, 3.05) is 13.2 Å². The molecule has 1 atom stereocenters. The molecule has 1 N–H and O–H groups in total. The predicted octanol–water partition coefficient (Wildman–Crippen LogP) is 1.97. The number of hydrogen-bond acceptors (Lipinski definition) is 4. The van der Waals surface area contributed by atoms with Crippen molar-refractivity contribution in [2.24, 2.45) is 0 Å². The molecule has 1 unspecified atom stereocenters. The fourth-order valence-electron chi connectivity index (χ4n) is 1.99. The molecule has 0 radical (unpaired) electrons. The van der Waals surface area contributed by atoms with E-state index < -0.39 is 10.0 Å². The van der Waals surface area contributed by atoms with E-state index in [-0.39, 0.29) is 16.2 Å². The monoisotopic (exact) mass is 304 g/mol. The lowest BCUT2D eigenvalue weighted by atomic mass is 10.1. The van der Waals surface area contributed by atoms with Crippen LogP contribution in [-0.2, 0) is 14.8 Å². The molecule has 0 amide bonds. The van der Waals surface area contributed by atoms with Crippen LogP contribution >= 0.6 is 11.6 Å². The quantitative estimate of drug-likeness (QED) is 0.845. The number of rotatable bonds is 5. The Morgan fingerprint density at radius 2 is 2.26 bits per heavy atom. The van der Waals surface area contributed by atoms with Gasteiger partial charge in [-0.2, -0.15) is 0 Å². The van der Waals surface area contributed by atoms with Crippen molar-refractivity contribution in [1.82, 2.24) is 9.71 Å². The molecule has 1 fully saturated rings. The fraction of sp³-hybridized carbons (Fsp3) is 0.583. The maximum absolute atomic E-state index is 12.0. The first-order valence-corrected chi connectivity index (χ1v) is 8.17. The Bertz CT molecular complexity index is 498. The molecule has 5 nitrogen and oxygen atoms in total. The van der Waals surface area contributed by atoms with Crippen LogP contribution in [0.5, 0.6) is 0 Å². The number of pyridine rings is 1. The molecular weight excluding hydrogens is 288 g/mol. The zero-order chi connectivity index (χ0) is 13.7. The largest absolute Gasteiger partial charge is 0.378 e. The van der Waals surface area contributed by atoms with Gasteiger partial charge in [-0.25, -0.2) is 18.1 Å². The molecule has 0 bridgehead atoms. The average Bonchev–Trinajstić information content (AvgIpc) is 2.40. The zero-order valence-electron chi connectivity index (χ0n) is 10.5. The molecule has 1 aliphatic heterocycles. The minimum Gasteiger partial charge on any atom is -0.378 e. The molecule has 106 valence electrons. The molecule has 2 heterocycles. The SMILES string of the molecule is O=S(=O)(NCCC1CCCCO1)c1ccc(Cl)nc1. The summed E-state index contributed by atoms with van der Waals surface area (Å²) in [6, 6.07) is 2.90. The Balaban J connectivity index is 1.85. The van der Waals surface area contributed by atoms with Crippen molar-refractivity contribution in [3.05, 3.63) is 23.5 Å². The van der Waals surface area contributed by atoms with Crippen molar-refractivity contribution < 1.29 is 13.2 Å². The van der Waals surface area contributed by atoms with Crippen LogP contribution in [0.3, 0.4) is 0 Å². The standard InChI is InChI=1S/C12H17ClN2O3S/c13-12-5-4-11(9-14-12)19(16,17)15-7-6-10-3-1-2-8-18-10/h4-5,9-10,15H,1-3,6-8H2. The number of ether oxygens (including phenoxy) is 1. The molecule has 1 aromatic rings. The maximum Gasteiger partial charge on any atom is 0.242 e. The van der Waals surface area contributed by atoms with Gasteiger partial charge in [-0.15, -0.1) is 0 Å². The van der Waals surface area contributed by atoms with Gasteiger partial charge < -0.3 is 4.74 Å². The molecule has 0 aliphatic carbocycles. The van der Waals surface area contributed by atoms with Gasteiger partial charge >= 0.3 is 0 Å². The summed E-state index contributed by atoms with van der Waals surface area (Å²) >= 11 is 5.62. The fourth-order valence-corrected chi connectivity index (χ4v) is 3.10. The highest BCUT2D eigenvalue weighted by Gasteiger charge is 2.17. The van der Waals surface area contributed by atoms with Crippen molar-refractivity contribution in [3.8, 4) is 0 Å². The van der Waals surface area contributed by atoms with Gasteiger partial charge in [-0.05, 0) is 37.8 Å². The van der Waals surface area contributed by atoms with E-state index in [0.717, 1.165) is 25.9 Å². The Labute approximate surface area is 118 Å². The maximum atomic E-state index is 12.0. The summed E-state index contributed by atoms with van der Waals surface area (Å²) in [6.45, 7) is 1.15. The summed E-state index contributed by atoms with van der Waals surface area (Å²) in [5.74, 6) is 0. The summed E-state index contributed by atoms with van der Waals surface area (Å²) in [5, 5.41) is 0.273. The number of sulfonamides is 1. The third-order valence-corrected chi connectivity index (χ3v) is 4.71. The lowest BCUT2D eigenvalue weighted by molar-refractivity contribution is 0.0123. The molecule has 7 heteroatoms. The Hall–Kier alpha value is -0.690. The van der Waals surface area contributed by atoms with Crippen LogP contribution in [0.25, 0.3) is 0 Å². The summed E-state index contributed by atoms with van der Waals surface area (Å²) in [7, 11) is -3.50. The second-order valence-electron chi connectivity index (χ2n) is 4.49. The molecule has 0 aromatic carbocycles. The molecule has 1 aliphatic rings. The van der Waals surface area contributed by atoms with Crippen molar-refractivity contribution >= 4 is 21.6 Å². The van der Waals surface area contributed by atoms with E-state index in [1.54, 1.807) is 0 Å². The van der Waals surface area contributed by atoms with Crippen molar-refractivity contribution in [1.29, 1.82) is 0 Å². The van der Waals surface area contributed by atoms with Gasteiger partial charge in [0, 0.05) is 19.3 Å². The Morgan fingerprint density at radius 3 is 2.89 bits per heavy atom. The van der Waals surface area contributed by atoms with E-state index in [4.69, 9.17) is 16.3 Å². The van der Waals surface area contributed by atoms with E-state index in [1.165, 1.54) is 18.3 Å². The Kier molecular flexibility index (Phi) is 5.15. The van der Waals surface area contributed by atoms with Crippen LogP contribution in [0.2, 0.25) is 5.15 Å². The highest BCUT2D eigenvalue weighted by atomic mass is 35.5. The second kappa shape index (κ2) is 6.65. The van der Waals surface area contributed by atoms with E-state index in [9.17, 15) is 8.42 Å². The first kappa shape index (κ1) is 14.7. The molecule has 0 saturated carbocycles. The van der Waals surface area contributed by atoms with Gasteiger partial charge in [0.1, 0.15) is 10.0 Å². The van der Waals surface area contributed by atoms with Crippen LogP contribution < -0.4 is 4.72 Å². The highest BCUT2D eigenvalue weighted by Crippen LogP contribution is 2.15. The number of nitrogens with one attached hydrogen (secondary N) is 1. The summed E-state index contributed by atoms with van der Waals surface area (Å²) in [6.07, 6.45) is 5.36. The predicted molar refractivity (Wildman–Crippen MR) is 72.6 cm³/mol. The van der Waals surface area contributed by atoms with Crippen LogP contribution in [0.15, 0.2) is 23.2 Å². The lowest BCUT2D eigenvalue weighted by Gasteiger charge is -2.22. The van der Waals surface area contributed by atoms with Gasteiger partial charge in [-0.1, -0.05) is 11.6 Å². The minimum atomic E-state index is -3.50. The molecule has 1 aromatic heterocycles. The van der Waals surface area contributed by atoms with Crippen LogP contribution in [0.1, 0.15) is 25.7 Å². The summed E-state index contributed by atoms with van der Waals surface area (Å²) < 4.78 is 32.0. The van der Waals surface area contributed by atoms with Crippen LogP contribution in [0, 0.1) is 0 Å². The van der Waals surface area contributed by atoms with Gasteiger partial charge in [0.15, 0.2) is 0 Å². The van der Waals surface area contributed by atoms with Crippen molar-refractivity contribution in [2.45, 2.75) is 36.7 Å². The van der Waals surface area contributed by atoms with E-state index in [0.29, 0.717) is 13.0 Å². The van der Waals surface area contributed by atoms with Crippen LogP contribution in [0.4, 0.5) is 0 Å². The second-order valence-corrected chi connectivity index (χ2v) is 6.65. The van der Waals surface area contributed by atoms with Gasteiger partial charge in [0.05, 0.1) is 6.10 Å². The van der Waals surface area contributed by atoms with E-state index in [2.05, 4.69) is 9.71 Å². The number of hydrogen-bond donors (Lipinski definition) is 1. The van der Waals surface area contributed by atoms with Gasteiger partial charge in [-0.3, -0.25) is 0 Å². The molecule has 19 heavy (non-hydrogen) atoms. The normalized spacial score (nSPS) is 20.4. The summed E-state index contributed by atoms with van der Waals surface area (Å²) in [5.41, 5.74) is 0. The first-order chi connectivity index (χ1) is 9.08. The topological polar surface area (TPSA) is 68.3 Å². The average molecular weight is 305 g/mol. The Morgan fingerprint density at radius 1 is 1.42 bits per heavy atom. The molecule has 1 saturated heterocycles.